The fraction of sp³-hybridized carbons (Fsp3) is 0.500. The summed E-state index contributed by atoms with van der Waals surface area (Å²) < 4.78 is 0. The van der Waals surface area contributed by atoms with Crippen LogP contribution in [-0.2, 0) is 0 Å². The summed E-state index contributed by atoms with van der Waals surface area (Å²) in [5.41, 5.74) is 1.12. The van der Waals surface area contributed by atoms with E-state index >= 15 is 0 Å². The van der Waals surface area contributed by atoms with Gasteiger partial charge < -0.3 is 10.2 Å². The maximum absolute atomic E-state index is 3.99. The quantitative estimate of drug-likeness (QED) is 0.628. The van der Waals surface area contributed by atoms with E-state index in [9.17, 15) is 0 Å². The summed E-state index contributed by atoms with van der Waals surface area (Å²) in [5.74, 6) is 0. The molecule has 0 unspecified atom stereocenters. The topological polar surface area (TPSA) is 41.1 Å². The van der Waals surface area contributed by atoms with Crippen LogP contribution in [0.25, 0.3) is 0 Å². The number of hydrogen-bond acceptors (Lipinski definition) is 4. The van der Waals surface area contributed by atoms with Crippen LogP contribution < -0.4 is 10.2 Å². The molecule has 1 aromatic rings. The van der Waals surface area contributed by atoms with Gasteiger partial charge >= 0.3 is 0 Å². The molecule has 0 radical (unpaired) electrons. The van der Waals surface area contributed by atoms with Crippen molar-refractivity contribution in [1.29, 1.82) is 0 Å². The second-order valence-electron chi connectivity index (χ2n) is 2.83. The van der Waals surface area contributed by atoms with Gasteiger partial charge in [0.2, 0.25) is 0 Å². The van der Waals surface area contributed by atoms with Crippen LogP contribution >= 0.6 is 0 Å². The standard InChI is InChI=1S/C8H12N4/c1-3-12(4-2-9-1)8-5-10-7-11-6-8/h5-7,9H,1-4H2. The summed E-state index contributed by atoms with van der Waals surface area (Å²) in [6, 6.07) is 0. The Kier molecular flexibility index (Phi) is 2.18. The molecule has 2 rings (SSSR count). The van der Waals surface area contributed by atoms with Gasteiger partial charge in [0.1, 0.15) is 6.33 Å². The molecular formula is C8H12N4. The lowest BCUT2D eigenvalue weighted by molar-refractivity contribution is 0.588. The third-order valence-corrected chi connectivity index (χ3v) is 2.03. The number of nitrogens with zero attached hydrogens (tertiary/aromatic N) is 3. The van der Waals surface area contributed by atoms with Crippen molar-refractivity contribution in [3.63, 3.8) is 0 Å². The number of hydrogen-bond donors (Lipinski definition) is 1. The molecule has 4 nitrogen and oxygen atoms in total. The van der Waals surface area contributed by atoms with Crippen molar-refractivity contribution in [3.8, 4) is 0 Å². The summed E-state index contributed by atoms with van der Waals surface area (Å²) in [6.45, 7) is 4.20. The predicted octanol–water partition coefficient (Wildman–Crippen LogP) is -0.114. The zero-order valence-electron chi connectivity index (χ0n) is 6.90. The van der Waals surface area contributed by atoms with Gasteiger partial charge in [-0.15, -0.1) is 0 Å². The van der Waals surface area contributed by atoms with Gasteiger partial charge in [0.25, 0.3) is 0 Å². The Bertz CT molecular complexity index is 230. The lowest BCUT2D eigenvalue weighted by Gasteiger charge is -2.28. The highest BCUT2D eigenvalue weighted by atomic mass is 15.2. The Morgan fingerprint density at radius 3 is 2.50 bits per heavy atom. The zero-order chi connectivity index (χ0) is 8.23. The average molecular weight is 164 g/mol. The van der Waals surface area contributed by atoms with E-state index in [1.807, 2.05) is 12.4 Å². The van der Waals surface area contributed by atoms with Gasteiger partial charge in [-0.1, -0.05) is 0 Å². The summed E-state index contributed by atoms with van der Waals surface area (Å²) in [4.78, 5) is 10.3. The summed E-state index contributed by atoms with van der Waals surface area (Å²) >= 11 is 0. The van der Waals surface area contributed by atoms with E-state index in [1.165, 1.54) is 0 Å². The third kappa shape index (κ3) is 1.53. The Hall–Kier alpha value is -1.16. The van der Waals surface area contributed by atoms with Crippen molar-refractivity contribution in [2.75, 3.05) is 31.1 Å². The summed E-state index contributed by atoms with van der Waals surface area (Å²) in [6.07, 6.45) is 5.28. The van der Waals surface area contributed by atoms with Crippen LogP contribution in [0.1, 0.15) is 0 Å². The molecule has 0 aromatic carbocycles. The molecule has 0 aliphatic carbocycles. The fourth-order valence-electron chi connectivity index (χ4n) is 1.38. The van der Waals surface area contributed by atoms with E-state index in [-0.39, 0.29) is 0 Å². The summed E-state index contributed by atoms with van der Waals surface area (Å²) in [7, 11) is 0. The van der Waals surface area contributed by atoms with E-state index in [0.717, 1.165) is 31.9 Å². The van der Waals surface area contributed by atoms with Gasteiger partial charge in [0, 0.05) is 26.2 Å². The molecule has 1 aromatic heterocycles. The Morgan fingerprint density at radius 1 is 1.17 bits per heavy atom. The first-order valence-corrected chi connectivity index (χ1v) is 4.17. The Labute approximate surface area is 71.6 Å². The average Bonchev–Trinajstić information content (AvgIpc) is 2.21. The van der Waals surface area contributed by atoms with E-state index in [2.05, 4.69) is 20.2 Å². The SMILES string of the molecule is c1ncc(N2CCNCC2)cn1. The largest absolute Gasteiger partial charge is 0.366 e. The van der Waals surface area contributed by atoms with E-state index in [4.69, 9.17) is 0 Å². The van der Waals surface area contributed by atoms with Crippen molar-refractivity contribution in [2.24, 2.45) is 0 Å². The van der Waals surface area contributed by atoms with Gasteiger partial charge in [0.05, 0.1) is 18.1 Å². The molecule has 0 atom stereocenters. The van der Waals surface area contributed by atoms with E-state index < -0.39 is 0 Å². The van der Waals surface area contributed by atoms with Crippen LogP contribution in [0.15, 0.2) is 18.7 Å². The minimum atomic E-state index is 1.05. The first-order chi connectivity index (χ1) is 5.97. The molecular weight excluding hydrogens is 152 g/mol. The maximum atomic E-state index is 3.99. The lowest BCUT2D eigenvalue weighted by atomic mass is 10.3. The molecule has 1 aliphatic heterocycles. The van der Waals surface area contributed by atoms with Crippen LogP contribution in [0.3, 0.4) is 0 Å². The minimum absolute atomic E-state index is 1.05. The van der Waals surface area contributed by atoms with Crippen LogP contribution in [0.4, 0.5) is 5.69 Å². The molecule has 0 saturated carbocycles. The highest BCUT2D eigenvalue weighted by Crippen LogP contribution is 2.09. The van der Waals surface area contributed by atoms with E-state index in [1.54, 1.807) is 6.33 Å². The summed E-state index contributed by atoms with van der Waals surface area (Å²) in [5, 5.41) is 3.30. The fourth-order valence-corrected chi connectivity index (χ4v) is 1.38. The normalized spacial score (nSPS) is 17.8. The highest BCUT2D eigenvalue weighted by molar-refractivity contribution is 5.41. The molecule has 1 saturated heterocycles. The molecule has 2 heterocycles. The van der Waals surface area contributed by atoms with E-state index in [0.29, 0.717) is 0 Å². The van der Waals surface area contributed by atoms with Gasteiger partial charge in [-0.2, -0.15) is 0 Å². The van der Waals surface area contributed by atoms with Crippen molar-refractivity contribution in [1.82, 2.24) is 15.3 Å². The van der Waals surface area contributed by atoms with Gasteiger partial charge in [0.15, 0.2) is 0 Å². The number of aromatic nitrogens is 2. The monoisotopic (exact) mass is 164 g/mol. The van der Waals surface area contributed by atoms with Gasteiger partial charge in [-0.05, 0) is 0 Å². The van der Waals surface area contributed by atoms with Crippen LogP contribution in [0.2, 0.25) is 0 Å². The molecule has 0 bridgehead atoms. The Balaban J connectivity index is 2.08. The number of nitrogens with one attached hydrogen (secondary N) is 1. The first-order valence-electron chi connectivity index (χ1n) is 4.17. The van der Waals surface area contributed by atoms with Crippen LogP contribution in [-0.4, -0.2) is 36.1 Å². The van der Waals surface area contributed by atoms with Crippen LogP contribution in [0, 0.1) is 0 Å². The Morgan fingerprint density at radius 2 is 1.83 bits per heavy atom. The lowest BCUT2D eigenvalue weighted by Crippen LogP contribution is -2.43. The smallest absolute Gasteiger partial charge is 0.115 e. The molecule has 0 amide bonds. The second kappa shape index (κ2) is 3.49. The number of anilines is 1. The number of piperazine rings is 1. The maximum Gasteiger partial charge on any atom is 0.115 e. The van der Waals surface area contributed by atoms with Crippen molar-refractivity contribution in [2.45, 2.75) is 0 Å². The number of rotatable bonds is 1. The van der Waals surface area contributed by atoms with Crippen molar-refractivity contribution >= 4 is 5.69 Å². The van der Waals surface area contributed by atoms with Gasteiger partial charge in [-0.25, -0.2) is 9.97 Å². The highest BCUT2D eigenvalue weighted by Gasteiger charge is 2.09. The molecule has 64 valence electrons. The molecule has 1 N–H and O–H groups in total. The van der Waals surface area contributed by atoms with Crippen molar-refractivity contribution in [3.05, 3.63) is 18.7 Å². The van der Waals surface area contributed by atoms with Gasteiger partial charge in [-0.3, -0.25) is 0 Å². The molecule has 1 aliphatic rings. The minimum Gasteiger partial charge on any atom is -0.366 e. The predicted molar refractivity (Wildman–Crippen MR) is 47.1 cm³/mol. The molecule has 12 heavy (non-hydrogen) atoms. The third-order valence-electron chi connectivity index (χ3n) is 2.03. The molecule has 4 heteroatoms. The first kappa shape index (κ1) is 7.49. The second-order valence-corrected chi connectivity index (χ2v) is 2.83. The molecule has 1 fully saturated rings. The van der Waals surface area contributed by atoms with Crippen LogP contribution in [0.5, 0.6) is 0 Å². The zero-order valence-corrected chi connectivity index (χ0v) is 6.90. The molecule has 0 spiro atoms. The van der Waals surface area contributed by atoms with Crippen molar-refractivity contribution < 1.29 is 0 Å².